The molecular formula is C8H15NO. The maximum atomic E-state index is 9.78. The van der Waals surface area contributed by atoms with E-state index < -0.39 is 0 Å². The van der Waals surface area contributed by atoms with Crippen LogP contribution in [0.2, 0.25) is 0 Å². The van der Waals surface area contributed by atoms with E-state index in [1.54, 1.807) is 0 Å². The van der Waals surface area contributed by atoms with Crippen molar-refractivity contribution in [3.8, 4) is 0 Å². The van der Waals surface area contributed by atoms with Crippen LogP contribution in [0.15, 0.2) is 0 Å². The lowest BCUT2D eigenvalue weighted by molar-refractivity contribution is 0.0644. The number of aliphatic hydroxyl groups excluding tert-OH is 1. The predicted octanol–water partition coefficient (Wildman–Crippen LogP) is 0.509. The van der Waals surface area contributed by atoms with Crippen molar-refractivity contribution < 1.29 is 5.11 Å². The van der Waals surface area contributed by atoms with Crippen molar-refractivity contribution in [3.05, 3.63) is 0 Å². The summed E-state index contributed by atoms with van der Waals surface area (Å²) in [4.78, 5) is 0. The Labute approximate surface area is 61.6 Å². The van der Waals surface area contributed by atoms with E-state index in [1.807, 2.05) is 0 Å². The molecule has 2 aliphatic rings. The molecule has 1 saturated carbocycles. The van der Waals surface area contributed by atoms with Crippen molar-refractivity contribution >= 4 is 0 Å². The molecule has 1 aliphatic carbocycles. The molecule has 2 heteroatoms. The second kappa shape index (κ2) is 1.56. The van der Waals surface area contributed by atoms with E-state index in [9.17, 15) is 5.11 Å². The van der Waals surface area contributed by atoms with Crippen LogP contribution < -0.4 is 5.32 Å². The summed E-state index contributed by atoms with van der Waals surface area (Å²) in [5.74, 6) is 0. The molecule has 1 heterocycles. The van der Waals surface area contributed by atoms with E-state index >= 15 is 0 Å². The fourth-order valence-corrected chi connectivity index (χ4v) is 1.93. The third kappa shape index (κ3) is 0.663. The summed E-state index contributed by atoms with van der Waals surface area (Å²) in [6.07, 6.45) is 2.20. The van der Waals surface area contributed by atoms with Gasteiger partial charge in [-0.05, 0) is 12.8 Å². The van der Waals surface area contributed by atoms with Gasteiger partial charge in [-0.25, -0.2) is 0 Å². The molecule has 1 spiro atoms. The quantitative estimate of drug-likeness (QED) is 0.515. The van der Waals surface area contributed by atoms with Crippen LogP contribution in [0.4, 0.5) is 0 Å². The van der Waals surface area contributed by atoms with Gasteiger partial charge in [0.05, 0.1) is 6.10 Å². The van der Waals surface area contributed by atoms with Crippen molar-refractivity contribution in [2.45, 2.75) is 38.3 Å². The van der Waals surface area contributed by atoms with Gasteiger partial charge in [0.25, 0.3) is 0 Å². The third-order valence-electron chi connectivity index (χ3n) is 2.95. The minimum absolute atomic E-state index is 0.0938. The van der Waals surface area contributed by atoms with E-state index in [1.165, 1.54) is 0 Å². The van der Waals surface area contributed by atoms with Gasteiger partial charge in [-0.15, -0.1) is 0 Å². The normalized spacial score (nSPS) is 40.5. The van der Waals surface area contributed by atoms with Crippen LogP contribution in [0.1, 0.15) is 26.7 Å². The van der Waals surface area contributed by atoms with Gasteiger partial charge in [-0.1, -0.05) is 13.8 Å². The molecule has 2 nitrogen and oxygen atoms in total. The summed E-state index contributed by atoms with van der Waals surface area (Å²) in [5.41, 5.74) is 0.236. The molecular weight excluding hydrogens is 126 g/mol. The molecule has 0 aromatic rings. The lowest BCUT2D eigenvalue weighted by Crippen LogP contribution is -2.36. The third-order valence-corrected chi connectivity index (χ3v) is 2.95. The number of rotatable bonds is 0. The van der Waals surface area contributed by atoms with Gasteiger partial charge in [-0.3, -0.25) is 0 Å². The fourth-order valence-electron chi connectivity index (χ4n) is 1.93. The highest BCUT2D eigenvalue weighted by atomic mass is 16.3. The highest BCUT2D eigenvalue weighted by molar-refractivity contribution is 5.16. The molecule has 2 rings (SSSR count). The van der Waals surface area contributed by atoms with Gasteiger partial charge in [0.15, 0.2) is 0 Å². The Morgan fingerprint density at radius 3 is 2.20 bits per heavy atom. The Morgan fingerprint density at radius 1 is 1.40 bits per heavy atom. The number of hydrogen-bond donors (Lipinski definition) is 2. The van der Waals surface area contributed by atoms with Gasteiger partial charge in [0, 0.05) is 17.5 Å². The number of aliphatic hydroxyl groups is 1. The van der Waals surface area contributed by atoms with Gasteiger partial charge in [-0.2, -0.15) is 0 Å². The molecule has 2 fully saturated rings. The first-order chi connectivity index (χ1) is 4.57. The van der Waals surface area contributed by atoms with Crippen LogP contribution >= 0.6 is 0 Å². The topological polar surface area (TPSA) is 32.3 Å². The Balaban J connectivity index is 2.20. The summed E-state index contributed by atoms with van der Waals surface area (Å²) in [7, 11) is 0. The lowest BCUT2D eigenvalue weighted by Gasteiger charge is -2.23. The average Bonchev–Trinajstić information content (AvgIpc) is 2.59. The molecule has 0 bridgehead atoms. The molecule has 0 amide bonds. The average molecular weight is 141 g/mol. The molecule has 1 aliphatic heterocycles. The summed E-state index contributed by atoms with van der Waals surface area (Å²) < 4.78 is 0. The van der Waals surface area contributed by atoms with Crippen molar-refractivity contribution in [2.24, 2.45) is 5.41 Å². The van der Waals surface area contributed by atoms with E-state index in [0.29, 0.717) is 0 Å². The van der Waals surface area contributed by atoms with Crippen molar-refractivity contribution in [2.75, 3.05) is 6.54 Å². The van der Waals surface area contributed by atoms with Crippen LogP contribution in [-0.4, -0.2) is 23.3 Å². The zero-order chi connectivity index (χ0) is 7.41. The molecule has 1 saturated heterocycles. The zero-order valence-corrected chi connectivity index (χ0v) is 6.65. The zero-order valence-electron chi connectivity index (χ0n) is 6.65. The fraction of sp³-hybridized carbons (Fsp3) is 1.00. The van der Waals surface area contributed by atoms with E-state index in [2.05, 4.69) is 19.2 Å². The first kappa shape index (κ1) is 6.62. The van der Waals surface area contributed by atoms with Gasteiger partial charge in [0.1, 0.15) is 0 Å². The predicted molar refractivity (Wildman–Crippen MR) is 39.8 cm³/mol. The summed E-state index contributed by atoms with van der Waals surface area (Å²) in [6, 6.07) is 0. The molecule has 10 heavy (non-hydrogen) atoms. The Hall–Kier alpha value is -0.0800. The van der Waals surface area contributed by atoms with E-state index in [4.69, 9.17) is 0 Å². The Bertz CT molecular complexity index is 155. The molecule has 0 aromatic heterocycles. The smallest absolute Gasteiger partial charge is 0.0784 e. The minimum Gasteiger partial charge on any atom is -0.391 e. The molecule has 58 valence electrons. The molecule has 0 aromatic carbocycles. The molecule has 1 atom stereocenters. The first-order valence-electron chi connectivity index (χ1n) is 4.00. The first-order valence-corrected chi connectivity index (χ1v) is 4.00. The standard InChI is InChI=1S/C8H15NO/c1-7(2)5-9-8(3-4-8)6(7)10/h6,9-10H,3-5H2,1-2H3. The second-order valence-electron chi connectivity index (χ2n) is 4.40. The van der Waals surface area contributed by atoms with Crippen LogP contribution in [0.25, 0.3) is 0 Å². The molecule has 2 N–H and O–H groups in total. The van der Waals surface area contributed by atoms with E-state index in [0.717, 1.165) is 19.4 Å². The lowest BCUT2D eigenvalue weighted by atomic mass is 9.86. The maximum Gasteiger partial charge on any atom is 0.0784 e. The van der Waals surface area contributed by atoms with Crippen LogP contribution in [0.3, 0.4) is 0 Å². The number of hydrogen-bond acceptors (Lipinski definition) is 2. The minimum atomic E-state index is -0.125. The van der Waals surface area contributed by atoms with Crippen LogP contribution in [0.5, 0.6) is 0 Å². The Morgan fingerprint density at radius 2 is 2.00 bits per heavy atom. The maximum absolute atomic E-state index is 9.78. The Kier molecular flexibility index (Phi) is 1.03. The van der Waals surface area contributed by atoms with Crippen molar-refractivity contribution in [1.29, 1.82) is 0 Å². The van der Waals surface area contributed by atoms with Crippen molar-refractivity contribution in [1.82, 2.24) is 5.32 Å². The summed E-state index contributed by atoms with van der Waals surface area (Å²) in [6.45, 7) is 5.21. The summed E-state index contributed by atoms with van der Waals surface area (Å²) in [5, 5.41) is 13.2. The summed E-state index contributed by atoms with van der Waals surface area (Å²) >= 11 is 0. The van der Waals surface area contributed by atoms with Crippen LogP contribution in [-0.2, 0) is 0 Å². The monoisotopic (exact) mass is 141 g/mol. The van der Waals surface area contributed by atoms with Gasteiger partial charge >= 0.3 is 0 Å². The second-order valence-corrected chi connectivity index (χ2v) is 4.40. The largest absolute Gasteiger partial charge is 0.391 e. The van der Waals surface area contributed by atoms with Crippen LogP contribution in [0, 0.1) is 5.41 Å². The molecule has 1 unspecified atom stereocenters. The SMILES string of the molecule is CC1(C)CNC2(CC2)C1O. The van der Waals surface area contributed by atoms with Gasteiger partial charge < -0.3 is 10.4 Å². The van der Waals surface area contributed by atoms with Crippen molar-refractivity contribution in [3.63, 3.8) is 0 Å². The highest BCUT2D eigenvalue weighted by Gasteiger charge is 2.58. The van der Waals surface area contributed by atoms with E-state index in [-0.39, 0.29) is 17.1 Å². The highest BCUT2D eigenvalue weighted by Crippen LogP contribution is 2.49. The van der Waals surface area contributed by atoms with Gasteiger partial charge in [0.2, 0.25) is 0 Å². The number of nitrogens with one attached hydrogen (secondary N) is 1. The molecule has 0 radical (unpaired) electrons.